The summed E-state index contributed by atoms with van der Waals surface area (Å²) >= 11 is 0. The molecule has 0 aliphatic rings. The van der Waals surface area contributed by atoms with Crippen molar-refractivity contribution >= 4 is 5.91 Å². The fourth-order valence-corrected chi connectivity index (χ4v) is 1.58. The molecule has 0 radical (unpaired) electrons. The van der Waals surface area contributed by atoms with Gasteiger partial charge in [-0.2, -0.15) is 0 Å². The van der Waals surface area contributed by atoms with E-state index in [0.717, 1.165) is 0 Å². The third-order valence-electron chi connectivity index (χ3n) is 2.41. The zero-order valence-electron chi connectivity index (χ0n) is 10.7. The molecule has 1 rings (SSSR count). The molecule has 1 aromatic rings. The molecule has 0 saturated carbocycles. The highest BCUT2D eigenvalue weighted by Crippen LogP contribution is 2.12. The van der Waals surface area contributed by atoms with Crippen LogP contribution in [0, 0.1) is 0 Å². The van der Waals surface area contributed by atoms with Gasteiger partial charge in [-0.15, -0.1) is 13.2 Å². The third kappa shape index (κ3) is 4.09. The summed E-state index contributed by atoms with van der Waals surface area (Å²) < 4.78 is 5.59. The molecule has 0 heterocycles. The van der Waals surface area contributed by atoms with Gasteiger partial charge < -0.3 is 9.64 Å². The van der Waals surface area contributed by atoms with Gasteiger partial charge in [-0.25, -0.2) is 0 Å². The number of hydrogen-bond acceptors (Lipinski definition) is 2. The van der Waals surface area contributed by atoms with Gasteiger partial charge in [0.05, 0.1) is 0 Å². The number of carbonyl (C=O) groups is 1. The van der Waals surface area contributed by atoms with Gasteiger partial charge in [0.15, 0.2) is 6.10 Å². The SMILES string of the molecule is C=CCN(CC=C)C(=O)[C@@H](C)Oc1ccccc1. The van der Waals surface area contributed by atoms with Crippen LogP contribution in [0.5, 0.6) is 5.75 Å². The Morgan fingerprint density at radius 3 is 2.33 bits per heavy atom. The van der Waals surface area contributed by atoms with Crippen LogP contribution in [0.2, 0.25) is 0 Å². The lowest BCUT2D eigenvalue weighted by Gasteiger charge is -2.23. The van der Waals surface area contributed by atoms with Crippen molar-refractivity contribution in [3.8, 4) is 5.75 Å². The molecule has 0 aliphatic heterocycles. The van der Waals surface area contributed by atoms with Crippen molar-refractivity contribution in [3.05, 3.63) is 55.6 Å². The normalized spacial score (nSPS) is 11.4. The molecule has 1 atom stereocenters. The molecule has 0 fully saturated rings. The third-order valence-corrected chi connectivity index (χ3v) is 2.41. The molecule has 1 amide bonds. The number of ether oxygens (including phenoxy) is 1. The number of nitrogens with zero attached hydrogens (tertiary/aromatic N) is 1. The van der Waals surface area contributed by atoms with Gasteiger partial charge in [0, 0.05) is 13.1 Å². The van der Waals surface area contributed by atoms with Crippen molar-refractivity contribution in [1.29, 1.82) is 0 Å². The molecule has 0 bridgehead atoms. The second kappa shape index (κ2) is 7.33. The second-order valence-corrected chi connectivity index (χ2v) is 3.89. The topological polar surface area (TPSA) is 29.5 Å². The van der Waals surface area contributed by atoms with E-state index in [1.54, 1.807) is 24.0 Å². The van der Waals surface area contributed by atoms with E-state index in [4.69, 9.17) is 4.74 Å². The highest BCUT2D eigenvalue weighted by Gasteiger charge is 2.20. The Morgan fingerprint density at radius 1 is 1.28 bits per heavy atom. The van der Waals surface area contributed by atoms with Crippen LogP contribution in [0.1, 0.15) is 6.92 Å². The molecule has 0 spiro atoms. The Labute approximate surface area is 108 Å². The summed E-state index contributed by atoms with van der Waals surface area (Å²) in [7, 11) is 0. The Balaban J connectivity index is 2.64. The molecule has 0 N–H and O–H groups in total. The summed E-state index contributed by atoms with van der Waals surface area (Å²) in [5, 5.41) is 0. The number of carbonyl (C=O) groups excluding carboxylic acids is 1. The largest absolute Gasteiger partial charge is 0.481 e. The quantitative estimate of drug-likeness (QED) is 0.691. The van der Waals surface area contributed by atoms with Crippen LogP contribution < -0.4 is 4.74 Å². The maximum atomic E-state index is 12.1. The molecular formula is C15H19NO2. The molecule has 0 aliphatic carbocycles. The maximum Gasteiger partial charge on any atom is 0.263 e. The lowest BCUT2D eigenvalue weighted by atomic mass is 10.3. The van der Waals surface area contributed by atoms with E-state index in [9.17, 15) is 4.79 Å². The highest BCUT2D eigenvalue weighted by atomic mass is 16.5. The fourth-order valence-electron chi connectivity index (χ4n) is 1.58. The van der Waals surface area contributed by atoms with Crippen molar-refractivity contribution < 1.29 is 9.53 Å². The van der Waals surface area contributed by atoms with Gasteiger partial charge in [0.1, 0.15) is 5.75 Å². The van der Waals surface area contributed by atoms with Gasteiger partial charge in [0.2, 0.25) is 0 Å². The van der Waals surface area contributed by atoms with E-state index in [0.29, 0.717) is 18.8 Å². The number of benzene rings is 1. The summed E-state index contributed by atoms with van der Waals surface area (Å²) in [4.78, 5) is 13.8. The van der Waals surface area contributed by atoms with Gasteiger partial charge >= 0.3 is 0 Å². The van der Waals surface area contributed by atoms with E-state index in [1.165, 1.54) is 0 Å². The second-order valence-electron chi connectivity index (χ2n) is 3.89. The molecule has 3 nitrogen and oxygen atoms in total. The average molecular weight is 245 g/mol. The summed E-state index contributed by atoms with van der Waals surface area (Å²) in [6.07, 6.45) is 2.86. The van der Waals surface area contributed by atoms with Crippen LogP contribution in [0.4, 0.5) is 0 Å². The van der Waals surface area contributed by atoms with E-state index >= 15 is 0 Å². The Kier molecular flexibility index (Phi) is 5.71. The van der Waals surface area contributed by atoms with Crippen LogP contribution >= 0.6 is 0 Å². The standard InChI is InChI=1S/C15H19NO2/c1-4-11-16(12-5-2)15(17)13(3)18-14-9-7-6-8-10-14/h4-10,13H,1-2,11-12H2,3H3/t13-/m1/s1. The smallest absolute Gasteiger partial charge is 0.263 e. The number of amides is 1. The minimum Gasteiger partial charge on any atom is -0.481 e. The van der Waals surface area contributed by atoms with Crippen molar-refractivity contribution in [2.45, 2.75) is 13.0 Å². The summed E-state index contributed by atoms with van der Waals surface area (Å²) in [6.45, 7) is 10.0. The van der Waals surface area contributed by atoms with Gasteiger partial charge in [0.25, 0.3) is 5.91 Å². The molecular weight excluding hydrogens is 226 g/mol. The molecule has 3 heteroatoms. The zero-order chi connectivity index (χ0) is 13.4. The van der Waals surface area contributed by atoms with E-state index in [-0.39, 0.29) is 5.91 Å². The molecule has 0 saturated heterocycles. The zero-order valence-corrected chi connectivity index (χ0v) is 10.7. The van der Waals surface area contributed by atoms with E-state index in [1.807, 2.05) is 30.3 Å². The fraction of sp³-hybridized carbons (Fsp3) is 0.267. The van der Waals surface area contributed by atoms with Crippen molar-refractivity contribution in [2.75, 3.05) is 13.1 Å². The summed E-state index contributed by atoms with van der Waals surface area (Å²) in [6, 6.07) is 9.31. The van der Waals surface area contributed by atoms with E-state index in [2.05, 4.69) is 13.2 Å². The van der Waals surface area contributed by atoms with Crippen LogP contribution in [-0.4, -0.2) is 30.0 Å². The number of hydrogen-bond donors (Lipinski definition) is 0. The predicted molar refractivity (Wildman–Crippen MR) is 73.5 cm³/mol. The van der Waals surface area contributed by atoms with Crippen LogP contribution in [0.25, 0.3) is 0 Å². The van der Waals surface area contributed by atoms with E-state index < -0.39 is 6.10 Å². The summed E-state index contributed by atoms with van der Waals surface area (Å²) in [5.74, 6) is 0.620. The number of para-hydroxylation sites is 1. The molecule has 96 valence electrons. The molecule has 1 aromatic carbocycles. The predicted octanol–water partition coefficient (Wildman–Crippen LogP) is 2.65. The lowest BCUT2D eigenvalue weighted by Crippen LogP contribution is -2.40. The molecule has 0 aromatic heterocycles. The van der Waals surface area contributed by atoms with Crippen LogP contribution in [0.15, 0.2) is 55.6 Å². The first-order valence-electron chi connectivity index (χ1n) is 5.91. The Bertz CT molecular complexity index is 390. The Hall–Kier alpha value is -2.03. The van der Waals surface area contributed by atoms with Gasteiger partial charge in [-0.3, -0.25) is 4.79 Å². The highest BCUT2D eigenvalue weighted by molar-refractivity contribution is 5.81. The lowest BCUT2D eigenvalue weighted by molar-refractivity contribution is -0.136. The average Bonchev–Trinajstić information content (AvgIpc) is 2.39. The van der Waals surface area contributed by atoms with Crippen molar-refractivity contribution in [2.24, 2.45) is 0 Å². The minimum atomic E-state index is -0.521. The first-order valence-corrected chi connectivity index (χ1v) is 5.91. The monoisotopic (exact) mass is 245 g/mol. The van der Waals surface area contributed by atoms with Crippen molar-refractivity contribution in [3.63, 3.8) is 0 Å². The van der Waals surface area contributed by atoms with Gasteiger partial charge in [-0.1, -0.05) is 30.4 Å². The Morgan fingerprint density at radius 2 is 1.83 bits per heavy atom. The minimum absolute atomic E-state index is 0.0707. The van der Waals surface area contributed by atoms with Crippen molar-refractivity contribution in [1.82, 2.24) is 4.90 Å². The summed E-state index contributed by atoms with van der Waals surface area (Å²) in [5.41, 5.74) is 0. The first-order chi connectivity index (χ1) is 8.69. The molecule has 18 heavy (non-hydrogen) atoms. The first kappa shape index (κ1) is 14.0. The number of rotatable bonds is 7. The maximum absolute atomic E-state index is 12.1. The van der Waals surface area contributed by atoms with Crippen LogP contribution in [-0.2, 0) is 4.79 Å². The van der Waals surface area contributed by atoms with Crippen LogP contribution in [0.3, 0.4) is 0 Å². The molecule has 0 unspecified atom stereocenters. The van der Waals surface area contributed by atoms with Gasteiger partial charge in [-0.05, 0) is 19.1 Å².